The van der Waals surface area contributed by atoms with Crippen molar-refractivity contribution < 1.29 is 14.6 Å². The molecule has 1 aromatic carbocycles. The summed E-state index contributed by atoms with van der Waals surface area (Å²) in [6.45, 7) is 3.27. The number of benzene rings is 1. The minimum atomic E-state index is -0.256. The van der Waals surface area contributed by atoms with Gasteiger partial charge in [0.1, 0.15) is 0 Å². The first-order valence-electron chi connectivity index (χ1n) is 7.13. The molecule has 0 bridgehead atoms. The van der Waals surface area contributed by atoms with Crippen LogP contribution in [-0.2, 0) is 17.7 Å². The van der Waals surface area contributed by atoms with Crippen molar-refractivity contribution in [1.29, 1.82) is 0 Å². The van der Waals surface area contributed by atoms with Gasteiger partial charge in [0.25, 0.3) is 5.91 Å². The lowest BCUT2D eigenvalue weighted by Gasteiger charge is -2.33. The van der Waals surface area contributed by atoms with E-state index in [-0.39, 0.29) is 18.6 Å². The number of hydrogen-bond acceptors (Lipinski definition) is 4. The Balaban J connectivity index is 1.83. The molecule has 108 valence electrons. The maximum absolute atomic E-state index is 12.7. The fraction of sp³-hybridized carbons (Fsp3) is 0.533. The molecule has 0 spiro atoms. The van der Waals surface area contributed by atoms with E-state index in [0.717, 1.165) is 25.1 Å². The molecule has 1 atom stereocenters. The molecule has 2 aliphatic heterocycles. The summed E-state index contributed by atoms with van der Waals surface area (Å²) in [6.07, 6.45) is 0.638. The molecule has 1 saturated heterocycles. The maximum atomic E-state index is 12.7. The summed E-state index contributed by atoms with van der Waals surface area (Å²) >= 11 is 0. The van der Waals surface area contributed by atoms with E-state index in [4.69, 9.17) is 4.74 Å². The van der Waals surface area contributed by atoms with Crippen LogP contribution in [0.5, 0.6) is 0 Å². The lowest BCUT2D eigenvalue weighted by atomic mass is 9.94. The molecule has 1 amide bonds. The number of ether oxygens (including phenoxy) is 1. The number of aliphatic hydroxyl groups excluding tert-OH is 1. The number of aliphatic hydroxyl groups is 1. The van der Waals surface area contributed by atoms with E-state index >= 15 is 0 Å². The molecule has 2 aliphatic rings. The zero-order valence-electron chi connectivity index (χ0n) is 11.5. The molecule has 1 unspecified atom stereocenters. The van der Waals surface area contributed by atoms with Crippen molar-refractivity contribution in [2.75, 3.05) is 32.8 Å². The van der Waals surface area contributed by atoms with Crippen molar-refractivity contribution >= 4 is 5.91 Å². The Labute approximate surface area is 118 Å². The van der Waals surface area contributed by atoms with E-state index in [2.05, 4.69) is 11.4 Å². The Bertz CT molecular complexity index is 504. The van der Waals surface area contributed by atoms with Crippen LogP contribution in [0.1, 0.15) is 21.5 Å². The molecule has 0 radical (unpaired) electrons. The van der Waals surface area contributed by atoms with Crippen LogP contribution in [0.25, 0.3) is 0 Å². The van der Waals surface area contributed by atoms with E-state index in [1.807, 2.05) is 12.1 Å². The Morgan fingerprint density at radius 1 is 1.50 bits per heavy atom. The summed E-state index contributed by atoms with van der Waals surface area (Å²) in [5.41, 5.74) is 3.19. The number of fused-ring (bicyclic) bond motifs is 1. The molecule has 1 aromatic rings. The zero-order valence-corrected chi connectivity index (χ0v) is 11.5. The van der Waals surface area contributed by atoms with Crippen LogP contribution in [0.3, 0.4) is 0 Å². The van der Waals surface area contributed by atoms with E-state index in [0.29, 0.717) is 19.7 Å². The largest absolute Gasteiger partial charge is 0.394 e. The number of nitrogens with one attached hydrogen (secondary N) is 1. The van der Waals surface area contributed by atoms with Crippen LogP contribution in [0.4, 0.5) is 0 Å². The Kier molecular flexibility index (Phi) is 4.00. The van der Waals surface area contributed by atoms with Gasteiger partial charge in [-0.05, 0) is 30.2 Å². The number of nitrogens with zero attached hydrogens (tertiary/aromatic N) is 1. The second-order valence-corrected chi connectivity index (χ2v) is 5.30. The zero-order chi connectivity index (χ0) is 13.9. The summed E-state index contributed by atoms with van der Waals surface area (Å²) in [7, 11) is 0. The number of rotatable bonds is 2. The first-order valence-corrected chi connectivity index (χ1v) is 7.13. The summed E-state index contributed by atoms with van der Waals surface area (Å²) < 4.78 is 5.40. The quantitative estimate of drug-likeness (QED) is 0.808. The highest BCUT2D eigenvalue weighted by molar-refractivity contribution is 5.96. The van der Waals surface area contributed by atoms with Gasteiger partial charge in [-0.3, -0.25) is 4.79 Å². The predicted molar refractivity (Wildman–Crippen MR) is 74.6 cm³/mol. The minimum Gasteiger partial charge on any atom is -0.394 e. The molecule has 2 N–H and O–H groups in total. The molecule has 2 heterocycles. The maximum Gasteiger partial charge on any atom is 0.254 e. The lowest BCUT2D eigenvalue weighted by Crippen LogP contribution is -2.47. The molecule has 20 heavy (non-hydrogen) atoms. The lowest BCUT2D eigenvalue weighted by molar-refractivity contribution is -0.0447. The van der Waals surface area contributed by atoms with Gasteiger partial charge in [0, 0.05) is 25.2 Å². The average Bonchev–Trinajstić information content (AvgIpc) is 2.53. The standard InChI is InChI=1S/C15H20N2O3/c18-10-12-9-17(6-7-20-12)15(19)14-3-1-2-11-8-16-5-4-13(11)14/h1-3,12,16,18H,4-10H2. The first-order chi connectivity index (χ1) is 9.79. The van der Waals surface area contributed by atoms with Gasteiger partial charge in [-0.1, -0.05) is 12.1 Å². The third-order valence-corrected chi connectivity index (χ3v) is 4.00. The summed E-state index contributed by atoms with van der Waals surface area (Å²) in [4.78, 5) is 14.5. The number of carbonyl (C=O) groups excluding carboxylic acids is 1. The number of carbonyl (C=O) groups is 1. The number of amides is 1. The smallest absolute Gasteiger partial charge is 0.254 e. The highest BCUT2D eigenvalue weighted by Gasteiger charge is 2.26. The number of hydrogen-bond donors (Lipinski definition) is 2. The van der Waals surface area contributed by atoms with Gasteiger partial charge >= 0.3 is 0 Å². The fourth-order valence-corrected chi connectivity index (χ4v) is 2.92. The summed E-state index contributed by atoms with van der Waals surface area (Å²) in [5, 5.41) is 12.5. The molecular weight excluding hydrogens is 256 g/mol. The molecule has 5 heteroatoms. The SMILES string of the molecule is O=C(c1cccc2c1CCNC2)N1CCOC(CO)C1. The van der Waals surface area contributed by atoms with Crippen molar-refractivity contribution in [2.24, 2.45) is 0 Å². The minimum absolute atomic E-state index is 0.0411. The van der Waals surface area contributed by atoms with Gasteiger partial charge in [-0.25, -0.2) is 0 Å². The van der Waals surface area contributed by atoms with E-state index in [1.165, 1.54) is 11.1 Å². The van der Waals surface area contributed by atoms with Crippen LogP contribution in [0.15, 0.2) is 18.2 Å². The van der Waals surface area contributed by atoms with Crippen LogP contribution < -0.4 is 5.32 Å². The second kappa shape index (κ2) is 5.91. The molecule has 0 aromatic heterocycles. The van der Waals surface area contributed by atoms with Crippen molar-refractivity contribution in [3.8, 4) is 0 Å². The van der Waals surface area contributed by atoms with Gasteiger partial charge in [-0.2, -0.15) is 0 Å². The van der Waals surface area contributed by atoms with Gasteiger partial charge in [0.15, 0.2) is 0 Å². The Morgan fingerprint density at radius 2 is 2.40 bits per heavy atom. The monoisotopic (exact) mass is 276 g/mol. The van der Waals surface area contributed by atoms with Gasteiger partial charge < -0.3 is 20.1 Å². The van der Waals surface area contributed by atoms with E-state index < -0.39 is 0 Å². The van der Waals surface area contributed by atoms with Crippen LogP contribution >= 0.6 is 0 Å². The summed E-state index contributed by atoms with van der Waals surface area (Å²) in [5.74, 6) is 0.0606. The van der Waals surface area contributed by atoms with Crippen LogP contribution in [0, 0.1) is 0 Å². The normalized spacial score (nSPS) is 22.4. The van der Waals surface area contributed by atoms with Crippen LogP contribution in [-0.4, -0.2) is 54.9 Å². The molecule has 0 aliphatic carbocycles. The Morgan fingerprint density at radius 3 is 3.25 bits per heavy atom. The Hall–Kier alpha value is -1.43. The fourth-order valence-electron chi connectivity index (χ4n) is 2.92. The van der Waals surface area contributed by atoms with Gasteiger partial charge in [0.2, 0.25) is 0 Å². The van der Waals surface area contributed by atoms with Crippen molar-refractivity contribution in [1.82, 2.24) is 10.2 Å². The third kappa shape index (κ3) is 2.57. The van der Waals surface area contributed by atoms with E-state index in [1.54, 1.807) is 4.90 Å². The third-order valence-electron chi connectivity index (χ3n) is 4.00. The molecule has 1 fully saturated rings. The average molecular weight is 276 g/mol. The summed E-state index contributed by atoms with van der Waals surface area (Å²) in [6, 6.07) is 5.94. The first kappa shape index (κ1) is 13.5. The number of morpholine rings is 1. The molecule has 0 saturated carbocycles. The predicted octanol–water partition coefficient (Wildman–Crippen LogP) is 0.166. The topological polar surface area (TPSA) is 61.8 Å². The highest BCUT2D eigenvalue weighted by Crippen LogP contribution is 2.21. The van der Waals surface area contributed by atoms with Gasteiger partial charge in [-0.15, -0.1) is 0 Å². The van der Waals surface area contributed by atoms with E-state index in [9.17, 15) is 9.90 Å². The molecule has 3 rings (SSSR count). The van der Waals surface area contributed by atoms with Crippen molar-refractivity contribution in [3.05, 3.63) is 34.9 Å². The molecule has 5 nitrogen and oxygen atoms in total. The van der Waals surface area contributed by atoms with Crippen LogP contribution in [0.2, 0.25) is 0 Å². The van der Waals surface area contributed by atoms with Crippen molar-refractivity contribution in [2.45, 2.75) is 19.1 Å². The molecular formula is C15H20N2O3. The van der Waals surface area contributed by atoms with Gasteiger partial charge in [0.05, 0.1) is 19.3 Å². The highest BCUT2D eigenvalue weighted by atomic mass is 16.5. The van der Waals surface area contributed by atoms with Crippen molar-refractivity contribution in [3.63, 3.8) is 0 Å². The second-order valence-electron chi connectivity index (χ2n) is 5.30.